The van der Waals surface area contributed by atoms with Crippen molar-refractivity contribution in [2.75, 3.05) is 4.90 Å². The average Bonchev–Trinajstić information content (AvgIpc) is 3.79. The van der Waals surface area contributed by atoms with Gasteiger partial charge in [0.1, 0.15) is 0 Å². The Labute approximate surface area is 407 Å². The zero-order valence-electron chi connectivity index (χ0n) is 38.5. The summed E-state index contributed by atoms with van der Waals surface area (Å²) in [6.45, 7) is 0. The number of hydrogen-bond donors (Lipinski definition) is 0. The molecule has 0 bridgehead atoms. The van der Waals surface area contributed by atoms with Gasteiger partial charge in [-0.3, -0.25) is 0 Å². The van der Waals surface area contributed by atoms with Gasteiger partial charge in [-0.05, 0) is 132 Å². The summed E-state index contributed by atoms with van der Waals surface area (Å²) < 4.78 is 2.45. The van der Waals surface area contributed by atoms with E-state index < -0.39 is 0 Å². The second kappa shape index (κ2) is 16.4. The van der Waals surface area contributed by atoms with Gasteiger partial charge in [-0.1, -0.05) is 206 Å². The van der Waals surface area contributed by atoms with Crippen LogP contribution < -0.4 is 4.90 Å². The van der Waals surface area contributed by atoms with Crippen LogP contribution in [0.25, 0.3) is 93.7 Å². The van der Waals surface area contributed by atoms with Gasteiger partial charge in [0.15, 0.2) is 0 Å². The maximum atomic E-state index is 2.45. The maximum Gasteiger partial charge on any atom is 0.0619 e. The monoisotopic (exact) mass is 890 g/mol. The van der Waals surface area contributed by atoms with Crippen LogP contribution in [0.1, 0.15) is 22.6 Å². The Balaban J connectivity index is 0.929. The van der Waals surface area contributed by atoms with Gasteiger partial charge >= 0.3 is 0 Å². The van der Waals surface area contributed by atoms with Crippen molar-refractivity contribution in [1.29, 1.82) is 0 Å². The first-order valence-corrected chi connectivity index (χ1v) is 24.4. The minimum Gasteiger partial charge on any atom is -0.310 e. The highest BCUT2D eigenvalue weighted by molar-refractivity contribution is 6.22. The van der Waals surface area contributed by atoms with E-state index in [0.717, 1.165) is 22.7 Å². The van der Waals surface area contributed by atoms with Crippen molar-refractivity contribution in [2.45, 2.75) is 5.92 Å². The Hall–Kier alpha value is -8.98. The summed E-state index contributed by atoms with van der Waals surface area (Å²) in [5.74, 6) is 0.606. The van der Waals surface area contributed by atoms with Crippen LogP contribution in [-0.2, 0) is 0 Å². The van der Waals surface area contributed by atoms with Gasteiger partial charge in [-0.2, -0.15) is 0 Å². The predicted octanol–water partition coefficient (Wildman–Crippen LogP) is 18.4. The topological polar surface area (TPSA) is 8.17 Å². The van der Waals surface area contributed by atoms with Crippen molar-refractivity contribution in [3.05, 3.63) is 278 Å². The van der Waals surface area contributed by atoms with E-state index in [1.807, 2.05) is 0 Å². The molecule has 0 saturated heterocycles. The molecule has 14 rings (SSSR count). The molecule has 328 valence electrons. The molecule has 1 heterocycles. The van der Waals surface area contributed by atoms with Crippen molar-refractivity contribution in [1.82, 2.24) is 4.57 Å². The molecule has 0 spiro atoms. The summed E-state index contributed by atoms with van der Waals surface area (Å²) in [5, 5.41) is 10.0. The molecule has 0 N–H and O–H groups in total. The number of nitrogens with zero attached hydrogens (tertiary/aromatic N) is 2. The summed E-state index contributed by atoms with van der Waals surface area (Å²) in [4.78, 5) is 2.42. The number of rotatable bonds is 7. The van der Waals surface area contributed by atoms with E-state index in [1.165, 1.54) is 98.6 Å². The zero-order valence-corrected chi connectivity index (χ0v) is 38.5. The number of para-hydroxylation sites is 1. The molecule has 0 radical (unpaired) electrons. The van der Waals surface area contributed by atoms with Gasteiger partial charge in [0.25, 0.3) is 0 Å². The molecule has 0 fully saturated rings. The molecule has 2 atom stereocenters. The smallest absolute Gasteiger partial charge is 0.0619 e. The molecule has 0 aliphatic heterocycles. The summed E-state index contributed by atoms with van der Waals surface area (Å²) in [6.07, 6.45) is 11.6. The van der Waals surface area contributed by atoms with Crippen LogP contribution in [0.2, 0.25) is 0 Å². The fraction of sp³-hybridized carbons (Fsp3) is 0.0294. The molecule has 2 unspecified atom stereocenters. The van der Waals surface area contributed by atoms with Crippen molar-refractivity contribution >= 4 is 82.8 Å². The minimum absolute atomic E-state index is 0.283. The number of benzene rings is 11. The largest absolute Gasteiger partial charge is 0.310 e. The van der Waals surface area contributed by atoms with Crippen molar-refractivity contribution in [3.8, 4) is 27.9 Å². The quantitative estimate of drug-likeness (QED) is 0.145. The van der Waals surface area contributed by atoms with E-state index in [0.29, 0.717) is 5.92 Å². The molecule has 1 aromatic heterocycles. The third-order valence-electron chi connectivity index (χ3n) is 14.9. The minimum atomic E-state index is 0.283. The fourth-order valence-electron chi connectivity index (χ4n) is 11.7. The van der Waals surface area contributed by atoms with Gasteiger partial charge < -0.3 is 9.47 Å². The first-order chi connectivity index (χ1) is 34.7. The third kappa shape index (κ3) is 6.49. The standard InChI is InChI=1S/C68H46N2/c1-2-20-51(21-3-1)70-66-31-15-30-57(67(66)63-41-36-45-16-4-9-25-58(45)68(63)70)48-19-14-22-54(42-48)69(52-37-32-46(33-38-52)64-43-49-17-5-7-23-55(49)59-26-10-12-28-61(59)64)53-39-34-47(35-40-53)65-44-50-18-6-8-24-56(50)60-27-11-13-29-62(60)65/h1-44,59,61H. The Kier molecular flexibility index (Phi) is 9.38. The summed E-state index contributed by atoms with van der Waals surface area (Å²) in [6, 6.07) is 87.3. The molecule has 0 amide bonds. The van der Waals surface area contributed by atoms with Crippen LogP contribution in [0, 0.1) is 5.92 Å². The number of anilines is 3. The molecule has 2 heteroatoms. The van der Waals surface area contributed by atoms with E-state index in [4.69, 9.17) is 0 Å². The second-order valence-corrected chi connectivity index (χ2v) is 18.8. The second-order valence-electron chi connectivity index (χ2n) is 18.8. The third-order valence-corrected chi connectivity index (χ3v) is 14.9. The van der Waals surface area contributed by atoms with E-state index in [-0.39, 0.29) is 5.92 Å². The molecule has 11 aromatic carbocycles. The maximum absolute atomic E-state index is 2.45. The normalized spacial score (nSPS) is 15.1. The number of allylic oxidation sites excluding steroid dienone is 5. The summed E-state index contributed by atoms with van der Waals surface area (Å²) in [5.41, 5.74) is 17.0. The van der Waals surface area contributed by atoms with Gasteiger partial charge in [0, 0.05) is 50.7 Å². The molecule has 70 heavy (non-hydrogen) atoms. The van der Waals surface area contributed by atoms with Crippen LogP contribution in [-0.4, -0.2) is 4.57 Å². The summed E-state index contributed by atoms with van der Waals surface area (Å²) in [7, 11) is 0. The molecule has 2 aliphatic carbocycles. The molecule has 0 saturated carbocycles. The van der Waals surface area contributed by atoms with Gasteiger partial charge in [0.05, 0.1) is 11.0 Å². The molecule has 2 nitrogen and oxygen atoms in total. The molecule has 12 aromatic rings. The fourth-order valence-corrected chi connectivity index (χ4v) is 11.7. The SMILES string of the molecule is C1=CC2C(c3ccc(N(c4ccc(-c5cc6ccccc6c6ccccc56)cc4)c4cccc(-c5cccc6c5c5ccc7ccccc7c5n6-c5ccccc5)c4)cc3)=Cc3ccccc3C2C=C1. The lowest BCUT2D eigenvalue weighted by atomic mass is 9.71. The van der Waals surface area contributed by atoms with Crippen molar-refractivity contribution in [3.63, 3.8) is 0 Å². The first kappa shape index (κ1) is 40.1. The van der Waals surface area contributed by atoms with E-state index in [2.05, 4.69) is 276 Å². The lowest BCUT2D eigenvalue weighted by Crippen LogP contribution is -2.17. The highest BCUT2D eigenvalue weighted by Gasteiger charge is 2.30. The number of fused-ring (bicyclic) bond motifs is 11. The van der Waals surface area contributed by atoms with E-state index >= 15 is 0 Å². The highest BCUT2D eigenvalue weighted by atomic mass is 15.1. The lowest BCUT2D eigenvalue weighted by molar-refractivity contribution is 0.709. The van der Waals surface area contributed by atoms with Crippen molar-refractivity contribution < 1.29 is 0 Å². The average molecular weight is 891 g/mol. The van der Waals surface area contributed by atoms with Crippen LogP contribution >= 0.6 is 0 Å². The first-order valence-electron chi connectivity index (χ1n) is 24.4. The van der Waals surface area contributed by atoms with Gasteiger partial charge in [-0.25, -0.2) is 0 Å². The lowest BCUT2D eigenvalue weighted by Gasteiger charge is -2.33. The van der Waals surface area contributed by atoms with Crippen LogP contribution in [0.5, 0.6) is 0 Å². The predicted molar refractivity (Wildman–Crippen MR) is 298 cm³/mol. The highest BCUT2D eigenvalue weighted by Crippen LogP contribution is 2.48. The Morgan fingerprint density at radius 2 is 1.03 bits per heavy atom. The number of hydrogen-bond acceptors (Lipinski definition) is 1. The van der Waals surface area contributed by atoms with Gasteiger partial charge in [0.2, 0.25) is 0 Å². The van der Waals surface area contributed by atoms with E-state index in [1.54, 1.807) is 0 Å². The van der Waals surface area contributed by atoms with Crippen LogP contribution in [0.4, 0.5) is 17.1 Å². The molecule has 2 aliphatic rings. The zero-order chi connectivity index (χ0) is 46.1. The molecular formula is C68H46N2. The molecular weight excluding hydrogens is 845 g/mol. The Morgan fingerprint density at radius 1 is 0.371 bits per heavy atom. The van der Waals surface area contributed by atoms with E-state index in [9.17, 15) is 0 Å². The summed E-state index contributed by atoms with van der Waals surface area (Å²) >= 11 is 0. The van der Waals surface area contributed by atoms with Crippen LogP contribution in [0.3, 0.4) is 0 Å². The Morgan fingerprint density at radius 3 is 1.84 bits per heavy atom. The van der Waals surface area contributed by atoms with Crippen LogP contribution in [0.15, 0.2) is 261 Å². The van der Waals surface area contributed by atoms with Gasteiger partial charge in [-0.15, -0.1) is 0 Å². The number of aromatic nitrogens is 1. The Bertz CT molecular complexity index is 4110. The van der Waals surface area contributed by atoms with Crippen molar-refractivity contribution in [2.24, 2.45) is 5.92 Å².